The van der Waals surface area contributed by atoms with Gasteiger partial charge in [-0.1, -0.05) is 15.9 Å². The van der Waals surface area contributed by atoms with Crippen LogP contribution >= 0.6 is 44.1 Å². The van der Waals surface area contributed by atoms with Gasteiger partial charge in [-0.15, -0.1) is 0 Å². The van der Waals surface area contributed by atoms with Gasteiger partial charge in [0.1, 0.15) is 5.75 Å². The zero-order chi connectivity index (χ0) is 22.4. The van der Waals surface area contributed by atoms with Gasteiger partial charge in [-0.3, -0.25) is 10.1 Å². The lowest BCUT2D eigenvalue weighted by Gasteiger charge is -2.26. The number of morpholine rings is 1. The van der Waals surface area contributed by atoms with Gasteiger partial charge in [-0.25, -0.2) is 8.42 Å². The lowest BCUT2D eigenvalue weighted by molar-refractivity contribution is -0.121. The van der Waals surface area contributed by atoms with E-state index < -0.39 is 15.9 Å². The van der Waals surface area contributed by atoms with E-state index in [1.54, 1.807) is 24.3 Å². The maximum Gasteiger partial charge on any atom is 0.264 e. The molecule has 1 heterocycles. The fourth-order valence-corrected chi connectivity index (χ4v) is 5.51. The quantitative estimate of drug-likeness (QED) is 0.498. The molecule has 2 N–H and O–H groups in total. The molecule has 1 aliphatic heterocycles. The minimum atomic E-state index is -3.57. The minimum absolute atomic E-state index is 0.0762. The summed E-state index contributed by atoms with van der Waals surface area (Å²) in [6, 6.07) is 11.5. The van der Waals surface area contributed by atoms with Crippen LogP contribution in [0, 0.1) is 0 Å². The summed E-state index contributed by atoms with van der Waals surface area (Å²) in [5, 5.41) is 5.44. The molecule has 3 rings (SSSR count). The molecule has 1 fully saturated rings. The number of nitrogens with one attached hydrogen (secondary N) is 2. The second kappa shape index (κ2) is 10.8. The van der Waals surface area contributed by atoms with Gasteiger partial charge in [0.15, 0.2) is 11.7 Å². The first-order valence-electron chi connectivity index (χ1n) is 9.12. The van der Waals surface area contributed by atoms with E-state index >= 15 is 0 Å². The molecule has 0 atom stereocenters. The summed E-state index contributed by atoms with van der Waals surface area (Å²) in [4.78, 5) is 12.3. The Labute approximate surface area is 202 Å². The Morgan fingerprint density at radius 3 is 2.45 bits per heavy atom. The Morgan fingerprint density at radius 2 is 1.81 bits per heavy atom. The average molecular weight is 593 g/mol. The van der Waals surface area contributed by atoms with Gasteiger partial charge in [0, 0.05) is 23.2 Å². The Balaban J connectivity index is 1.51. The molecule has 0 aromatic heterocycles. The minimum Gasteiger partial charge on any atom is -0.483 e. The topological polar surface area (TPSA) is 97.0 Å². The molecule has 31 heavy (non-hydrogen) atoms. The summed E-state index contributed by atoms with van der Waals surface area (Å²) in [7, 11) is -3.57. The summed E-state index contributed by atoms with van der Waals surface area (Å²) in [6.45, 7) is 1.21. The fourth-order valence-electron chi connectivity index (χ4n) is 2.71. The van der Waals surface area contributed by atoms with Crippen LogP contribution in [-0.2, 0) is 19.6 Å². The molecule has 1 saturated heterocycles. The first-order chi connectivity index (χ1) is 14.8. The van der Waals surface area contributed by atoms with Crippen molar-refractivity contribution in [1.82, 2.24) is 9.62 Å². The van der Waals surface area contributed by atoms with Gasteiger partial charge >= 0.3 is 0 Å². The van der Waals surface area contributed by atoms with Crippen LogP contribution in [0.25, 0.3) is 0 Å². The van der Waals surface area contributed by atoms with E-state index in [2.05, 4.69) is 42.5 Å². The molecule has 1 amide bonds. The van der Waals surface area contributed by atoms with E-state index in [1.807, 2.05) is 6.07 Å². The van der Waals surface area contributed by atoms with Crippen molar-refractivity contribution in [3.8, 4) is 5.75 Å². The molecule has 8 nitrogen and oxygen atoms in total. The molecule has 0 unspecified atom stereocenters. The van der Waals surface area contributed by atoms with Crippen molar-refractivity contribution in [2.24, 2.45) is 0 Å². The maximum absolute atomic E-state index is 12.6. The second-order valence-corrected chi connectivity index (χ2v) is 10.5. The van der Waals surface area contributed by atoms with Gasteiger partial charge in [0.2, 0.25) is 10.0 Å². The van der Waals surface area contributed by atoms with Gasteiger partial charge in [-0.05, 0) is 70.6 Å². The monoisotopic (exact) mass is 591 g/mol. The lowest BCUT2D eigenvalue weighted by Crippen LogP contribution is -2.40. The summed E-state index contributed by atoms with van der Waals surface area (Å²) >= 11 is 11.8. The van der Waals surface area contributed by atoms with Crippen molar-refractivity contribution in [3.05, 3.63) is 51.4 Å². The van der Waals surface area contributed by atoms with Crippen LogP contribution in [0.15, 0.2) is 56.3 Å². The number of hydrogen-bond acceptors (Lipinski definition) is 6. The van der Waals surface area contributed by atoms with Crippen LogP contribution in [0.3, 0.4) is 0 Å². The maximum atomic E-state index is 12.6. The SMILES string of the molecule is O=C(COc1ccc(Br)cc1Br)NC(=S)Nc1ccc(S(=O)(=O)N2CCOCC2)cc1. The van der Waals surface area contributed by atoms with Crippen LogP contribution in [0.2, 0.25) is 0 Å². The van der Waals surface area contributed by atoms with Crippen molar-refractivity contribution in [1.29, 1.82) is 0 Å². The van der Waals surface area contributed by atoms with E-state index in [4.69, 9.17) is 21.7 Å². The van der Waals surface area contributed by atoms with Crippen molar-refractivity contribution in [3.63, 3.8) is 0 Å². The lowest BCUT2D eigenvalue weighted by atomic mass is 10.3. The number of benzene rings is 2. The van der Waals surface area contributed by atoms with Gasteiger partial charge in [0.05, 0.1) is 22.6 Å². The Hall–Kier alpha value is -1.57. The highest BCUT2D eigenvalue weighted by atomic mass is 79.9. The molecule has 0 bridgehead atoms. The van der Waals surface area contributed by atoms with Gasteiger partial charge in [0.25, 0.3) is 5.91 Å². The van der Waals surface area contributed by atoms with Gasteiger partial charge < -0.3 is 14.8 Å². The third-order valence-electron chi connectivity index (χ3n) is 4.23. The summed E-state index contributed by atoms with van der Waals surface area (Å²) < 4.78 is 38.9. The van der Waals surface area contributed by atoms with E-state index in [0.717, 1.165) is 4.47 Å². The van der Waals surface area contributed by atoms with Crippen LogP contribution < -0.4 is 15.4 Å². The van der Waals surface area contributed by atoms with Gasteiger partial charge in [-0.2, -0.15) is 4.31 Å². The molecule has 1 aliphatic rings. The molecular weight excluding hydrogens is 574 g/mol. The van der Waals surface area contributed by atoms with Crippen LogP contribution in [0.4, 0.5) is 5.69 Å². The standard InChI is InChI=1S/C19H19Br2N3O5S2/c20-13-1-6-17(16(21)11-13)29-12-18(25)23-19(30)22-14-2-4-15(5-3-14)31(26,27)24-7-9-28-10-8-24/h1-6,11H,7-10,12H2,(H2,22,23,25,30). The third kappa shape index (κ3) is 6.70. The highest BCUT2D eigenvalue weighted by molar-refractivity contribution is 9.11. The van der Waals surface area contributed by atoms with Crippen LogP contribution in [-0.4, -0.2) is 56.7 Å². The number of thiocarbonyl (C=S) groups is 1. The third-order valence-corrected chi connectivity index (χ3v) is 7.46. The number of amides is 1. The van der Waals surface area contributed by atoms with Crippen molar-refractivity contribution < 1.29 is 22.7 Å². The molecule has 2 aromatic rings. The number of hydrogen-bond donors (Lipinski definition) is 2. The molecule has 166 valence electrons. The number of halogens is 2. The Bertz CT molecular complexity index is 1060. The predicted molar refractivity (Wildman–Crippen MR) is 128 cm³/mol. The average Bonchev–Trinajstić information content (AvgIpc) is 2.74. The smallest absolute Gasteiger partial charge is 0.264 e. The molecule has 0 radical (unpaired) electrons. The Morgan fingerprint density at radius 1 is 1.13 bits per heavy atom. The zero-order valence-corrected chi connectivity index (χ0v) is 20.9. The largest absolute Gasteiger partial charge is 0.483 e. The molecule has 2 aromatic carbocycles. The van der Waals surface area contributed by atoms with Crippen LogP contribution in [0.5, 0.6) is 5.75 Å². The number of rotatable bonds is 6. The molecule has 0 spiro atoms. The highest BCUT2D eigenvalue weighted by Gasteiger charge is 2.26. The first-order valence-corrected chi connectivity index (χ1v) is 12.6. The number of sulfonamides is 1. The van der Waals surface area contributed by atoms with Crippen molar-refractivity contribution in [2.75, 3.05) is 38.2 Å². The molecule has 0 aliphatic carbocycles. The van der Waals surface area contributed by atoms with E-state index in [0.29, 0.717) is 42.2 Å². The Kier molecular flexibility index (Phi) is 8.42. The zero-order valence-electron chi connectivity index (χ0n) is 16.1. The van der Waals surface area contributed by atoms with Crippen molar-refractivity contribution >= 4 is 70.8 Å². The first kappa shape index (κ1) is 24.1. The number of nitrogens with zero attached hydrogens (tertiary/aromatic N) is 1. The predicted octanol–water partition coefficient (Wildman–Crippen LogP) is 3.12. The normalized spacial score (nSPS) is 14.6. The number of anilines is 1. The molecule has 0 saturated carbocycles. The molecule has 12 heteroatoms. The van der Waals surface area contributed by atoms with E-state index in [9.17, 15) is 13.2 Å². The number of carbonyl (C=O) groups excluding carboxylic acids is 1. The number of carbonyl (C=O) groups is 1. The fraction of sp³-hybridized carbons (Fsp3) is 0.263. The van der Waals surface area contributed by atoms with E-state index in [-0.39, 0.29) is 16.6 Å². The summed E-state index contributed by atoms with van der Waals surface area (Å²) in [5.74, 6) is 0.0909. The summed E-state index contributed by atoms with van der Waals surface area (Å²) in [6.07, 6.45) is 0. The highest BCUT2D eigenvalue weighted by Crippen LogP contribution is 2.28. The van der Waals surface area contributed by atoms with Crippen LogP contribution in [0.1, 0.15) is 0 Å². The number of ether oxygens (including phenoxy) is 2. The van der Waals surface area contributed by atoms with E-state index in [1.165, 1.54) is 16.4 Å². The molecular formula is C19H19Br2N3O5S2. The van der Waals surface area contributed by atoms with Crippen molar-refractivity contribution in [2.45, 2.75) is 4.90 Å². The summed E-state index contributed by atoms with van der Waals surface area (Å²) in [5.41, 5.74) is 0.544. The second-order valence-electron chi connectivity index (χ2n) is 6.41.